The summed E-state index contributed by atoms with van der Waals surface area (Å²) in [5, 5.41) is -0.318. The summed E-state index contributed by atoms with van der Waals surface area (Å²) in [4.78, 5) is 23.1. The molecule has 0 fully saturated rings. The standard InChI is InChI=1S/C44H82NO6PS/c1-6-8-10-12-14-16-18-20-22-23-24-25-27-29-31-33-35-37-44(46)53-43(42-51-52(47,48)50-40-38-45(3,4)5)41-49-39-36-34-32-30-28-26-21-19-17-15-13-11-9-7-2/h14,16,20,22,24-25,29,31,43H,6-13,15,17-19,21,23,26-28,30,32-42H2,1-5H3/p+1/b16-14+,22-20+,25-24+,31-29+/t43-/m1/s1. The van der Waals surface area contributed by atoms with Crippen molar-refractivity contribution in [3.8, 4) is 0 Å². The minimum atomic E-state index is -4.22. The second-order valence-corrected chi connectivity index (χ2v) is 18.2. The molecule has 0 aromatic heterocycles. The lowest BCUT2D eigenvalue weighted by atomic mass is 10.0. The summed E-state index contributed by atoms with van der Waals surface area (Å²) in [6.07, 6.45) is 45.9. The molecule has 7 nitrogen and oxygen atoms in total. The third kappa shape index (κ3) is 42.0. The molecule has 9 heteroatoms. The van der Waals surface area contributed by atoms with Gasteiger partial charge in [0.05, 0.1) is 39.6 Å². The van der Waals surface area contributed by atoms with Crippen LogP contribution < -0.4 is 0 Å². The SMILES string of the molecule is CCCCC/C=C/C/C=C/C/C=C/C/C=C/CCCC(=O)S[C@H](COCCCCCCCCCCCCCCCC)COP(=O)(O)OCC[N+](C)(C)C. The number of ether oxygens (including phenoxy) is 1. The highest BCUT2D eigenvalue weighted by Gasteiger charge is 2.26. The number of unbranched alkanes of at least 4 members (excludes halogenated alkanes) is 17. The molecule has 2 atom stereocenters. The van der Waals surface area contributed by atoms with Crippen LogP contribution in [0.5, 0.6) is 0 Å². The van der Waals surface area contributed by atoms with Gasteiger partial charge in [-0.05, 0) is 51.4 Å². The van der Waals surface area contributed by atoms with Crippen LogP contribution in [-0.4, -0.2) is 73.9 Å². The van der Waals surface area contributed by atoms with Crippen LogP contribution in [0.25, 0.3) is 0 Å². The zero-order chi connectivity index (χ0) is 39.1. The Bertz CT molecular complexity index is 993. The molecule has 0 aromatic carbocycles. The number of likely N-dealkylation sites (N-methyl/N-ethyl adjacent to an activating group) is 1. The van der Waals surface area contributed by atoms with Crippen LogP contribution in [0.2, 0.25) is 0 Å². The number of thioether (sulfide) groups is 1. The Hall–Kier alpha value is -0.990. The molecule has 310 valence electrons. The van der Waals surface area contributed by atoms with Gasteiger partial charge in [-0.2, -0.15) is 0 Å². The number of phosphoric acid groups is 1. The summed E-state index contributed by atoms with van der Waals surface area (Å²) in [5.41, 5.74) is 0. The average molecular weight is 785 g/mol. The van der Waals surface area contributed by atoms with Gasteiger partial charge < -0.3 is 14.1 Å². The number of carbonyl (C=O) groups excluding carboxylic acids is 1. The van der Waals surface area contributed by atoms with E-state index in [-0.39, 0.29) is 23.6 Å². The van der Waals surface area contributed by atoms with Crippen molar-refractivity contribution >= 4 is 24.7 Å². The van der Waals surface area contributed by atoms with Gasteiger partial charge in [0.2, 0.25) is 0 Å². The fourth-order valence-electron chi connectivity index (χ4n) is 5.54. The first-order valence-electron chi connectivity index (χ1n) is 21.4. The fraction of sp³-hybridized carbons (Fsp3) is 0.795. The Morgan fingerprint density at radius 3 is 1.57 bits per heavy atom. The summed E-state index contributed by atoms with van der Waals surface area (Å²) in [6.45, 7) is 6.03. The van der Waals surface area contributed by atoms with Crippen LogP contribution in [0.15, 0.2) is 48.6 Å². The van der Waals surface area contributed by atoms with Crippen molar-refractivity contribution in [2.45, 2.75) is 173 Å². The van der Waals surface area contributed by atoms with Crippen LogP contribution >= 0.6 is 19.6 Å². The molecular formula is C44H83NO6PS+. The summed E-state index contributed by atoms with van der Waals surface area (Å²) >= 11 is 1.16. The molecule has 0 radical (unpaired) electrons. The third-order valence-corrected chi connectivity index (χ3v) is 11.0. The summed E-state index contributed by atoms with van der Waals surface area (Å²) in [6, 6.07) is 0. The van der Waals surface area contributed by atoms with Crippen LogP contribution in [-0.2, 0) is 23.1 Å². The lowest BCUT2D eigenvalue weighted by Gasteiger charge is -2.24. The van der Waals surface area contributed by atoms with Gasteiger partial charge in [0.1, 0.15) is 13.2 Å². The second kappa shape index (κ2) is 37.9. The van der Waals surface area contributed by atoms with E-state index in [1.54, 1.807) is 0 Å². The first-order valence-corrected chi connectivity index (χ1v) is 23.8. The van der Waals surface area contributed by atoms with E-state index in [1.165, 1.54) is 103 Å². The molecule has 0 aliphatic heterocycles. The molecular weight excluding hydrogens is 702 g/mol. The van der Waals surface area contributed by atoms with Gasteiger partial charge in [-0.15, -0.1) is 0 Å². The zero-order valence-corrected chi connectivity index (χ0v) is 36.7. The lowest BCUT2D eigenvalue weighted by molar-refractivity contribution is -0.870. The monoisotopic (exact) mass is 785 g/mol. The molecule has 0 spiro atoms. The van der Waals surface area contributed by atoms with Crippen molar-refractivity contribution in [2.24, 2.45) is 0 Å². The maximum absolute atomic E-state index is 12.8. The topological polar surface area (TPSA) is 82.1 Å². The number of nitrogens with zero attached hydrogens (tertiary/aromatic N) is 1. The van der Waals surface area contributed by atoms with Crippen molar-refractivity contribution in [3.05, 3.63) is 48.6 Å². The number of allylic oxidation sites excluding steroid dienone is 8. The molecule has 0 saturated carbocycles. The summed E-state index contributed by atoms with van der Waals surface area (Å²) < 4.78 is 29.6. The van der Waals surface area contributed by atoms with Crippen LogP contribution in [0.1, 0.15) is 168 Å². The van der Waals surface area contributed by atoms with E-state index in [2.05, 4.69) is 62.5 Å². The van der Waals surface area contributed by atoms with Crippen molar-refractivity contribution in [1.29, 1.82) is 0 Å². The van der Waals surface area contributed by atoms with E-state index >= 15 is 0 Å². The molecule has 1 N–H and O–H groups in total. The van der Waals surface area contributed by atoms with Crippen molar-refractivity contribution in [1.82, 2.24) is 0 Å². The highest BCUT2D eigenvalue weighted by molar-refractivity contribution is 8.14. The van der Waals surface area contributed by atoms with Gasteiger partial charge in [0.15, 0.2) is 5.12 Å². The first-order chi connectivity index (χ1) is 25.6. The van der Waals surface area contributed by atoms with Crippen molar-refractivity contribution < 1.29 is 32.5 Å². The van der Waals surface area contributed by atoms with E-state index in [9.17, 15) is 14.3 Å². The molecule has 1 unspecified atom stereocenters. The molecule has 0 aromatic rings. The number of hydrogen-bond acceptors (Lipinski definition) is 6. The number of hydrogen-bond donors (Lipinski definition) is 1. The van der Waals surface area contributed by atoms with Crippen molar-refractivity contribution in [3.63, 3.8) is 0 Å². The molecule has 0 aliphatic rings. The maximum Gasteiger partial charge on any atom is 0.472 e. The van der Waals surface area contributed by atoms with E-state index in [1.807, 2.05) is 21.1 Å². The Balaban J connectivity index is 4.36. The van der Waals surface area contributed by atoms with Crippen LogP contribution in [0, 0.1) is 0 Å². The molecule has 0 heterocycles. The first kappa shape index (κ1) is 52.0. The minimum Gasteiger partial charge on any atom is -0.380 e. The predicted octanol–water partition coefficient (Wildman–Crippen LogP) is 13.1. The molecule has 0 aliphatic carbocycles. The van der Waals surface area contributed by atoms with Gasteiger partial charge in [-0.3, -0.25) is 13.8 Å². The summed E-state index contributed by atoms with van der Waals surface area (Å²) in [5.74, 6) is 0. The lowest BCUT2D eigenvalue weighted by Crippen LogP contribution is -2.37. The highest BCUT2D eigenvalue weighted by atomic mass is 32.2. The summed E-state index contributed by atoms with van der Waals surface area (Å²) in [7, 11) is 1.75. The van der Waals surface area contributed by atoms with Crippen molar-refractivity contribution in [2.75, 3.05) is 54.1 Å². The van der Waals surface area contributed by atoms with Gasteiger partial charge >= 0.3 is 7.82 Å². The number of quaternary nitrogens is 1. The highest BCUT2D eigenvalue weighted by Crippen LogP contribution is 2.43. The fourth-order valence-corrected chi connectivity index (χ4v) is 7.33. The smallest absolute Gasteiger partial charge is 0.380 e. The number of phosphoric ester groups is 1. The van der Waals surface area contributed by atoms with Gasteiger partial charge in [0, 0.05) is 13.0 Å². The Morgan fingerprint density at radius 2 is 1.06 bits per heavy atom. The van der Waals surface area contributed by atoms with Crippen LogP contribution in [0.3, 0.4) is 0 Å². The molecule has 0 bridgehead atoms. The third-order valence-electron chi connectivity index (χ3n) is 8.89. The molecule has 0 amide bonds. The Morgan fingerprint density at radius 1 is 0.604 bits per heavy atom. The quantitative estimate of drug-likeness (QED) is 0.0288. The molecule has 0 rings (SSSR count). The zero-order valence-electron chi connectivity index (χ0n) is 35.0. The number of carbonyl (C=O) groups is 1. The maximum atomic E-state index is 12.8. The van der Waals surface area contributed by atoms with E-state index in [4.69, 9.17) is 13.8 Å². The van der Waals surface area contributed by atoms with E-state index in [0.29, 0.717) is 30.7 Å². The van der Waals surface area contributed by atoms with E-state index < -0.39 is 7.82 Å². The van der Waals surface area contributed by atoms with E-state index in [0.717, 1.165) is 56.7 Å². The van der Waals surface area contributed by atoms with Crippen LogP contribution in [0.4, 0.5) is 0 Å². The average Bonchev–Trinajstić information content (AvgIpc) is 3.11. The number of rotatable bonds is 39. The Kier molecular flexibility index (Phi) is 37.2. The van der Waals surface area contributed by atoms with Gasteiger partial charge in [-0.1, -0.05) is 171 Å². The minimum absolute atomic E-state index is 0.0494. The van der Waals surface area contributed by atoms with Gasteiger partial charge in [0.25, 0.3) is 0 Å². The predicted molar refractivity (Wildman–Crippen MR) is 231 cm³/mol. The second-order valence-electron chi connectivity index (χ2n) is 15.4. The molecule has 53 heavy (non-hydrogen) atoms. The van der Waals surface area contributed by atoms with Gasteiger partial charge in [-0.25, -0.2) is 4.57 Å². The molecule has 0 saturated heterocycles. The normalized spacial score (nSPS) is 14.4. The largest absolute Gasteiger partial charge is 0.472 e. The Labute approximate surface area is 332 Å².